The minimum atomic E-state index is 0.0926. The first-order valence-corrected chi connectivity index (χ1v) is 13.4. The maximum atomic E-state index is 12.2. The van der Waals surface area contributed by atoms with E-state index >= 15 is 0 Å². The second-order valence-corrected chi connectivity index (χ2v) is 10.4. The molecule has 0 aliphatic carbocycles. The predicted molar refractivity (Wildman–Crippen MR) is 141 cm³/mol. The average Bonchev–Trinajstić information content (AvgIpc) is 3.38. The molecule has 10 heteroatoms. The standard InChI is InChI=1S/C26H31Cl2N7O/c27-23-8-7-20(17-24(23)28)21(18-35-25(30-31-32-35)19-5-2-1-3-6-19)9-14-33-15-10-22(11-16-33)34-13-4-12-29-26(34)36/h1-3,5-8,17,21-22H,4,9-16,18H2,(H,29,36)/t21-/m1/s1. The van der Waals surface area contributed by atoms with E-state index in [1.807, 2.05) is 58.1 Å². The number of aromatic nitrogens is 4. The van der Waals surface area contributed by atoms with Crippen molar-refractivity contribution in [1.82, 2.24) is 35.3 Å². The quantitative estimate of drug-likeness (QED) is 0.459. The lowest BCUT2D eigenvalue weighted by atomic mass is 9.94. The number of halogens is 2. The Kier molecular flexibility index (Phi) is 8.04. The number of hydrogen-bond donors (Lipinski definition) is 1. The van der Waals surface area contributed by atoms with Crippen molar-refractivity contribution in [2.45, 2.75) is 44.2 Å². The van der Waals surface area contributed by atoms with Crippen LogP contribution < -0.4 is 5.32 Å². The van der Waals surface area contributed by atoms with Crippen molar-refractivity contribution in [3.05, 3.63) is 64.1 Å². The highest BCUT2D eigenvalue weighted by atomic mass is 35.5. The summed E-state index contributed by atoms with van der Waals surface area (Å²) in [5.41, 5.74) is 2.11. The van der Waals surface area contributed by atoms with Crippen LogP contribution in [0.25, 0.3) is 11.4 Å². The molecule has 0 unspecified atom stereocenters. The van der Waals surface area contributed by atoms with Gasteiger partial charge in [0.2, 0.25) is 0 Å². The van der Waals surface area contributed by atoms with Gasteiger partial charge in [0.1, 0.15) is 0 Å². The number of carbonyl (C=O) groups excluding carboxylic acids is 1. The smallest absolute Gasteiger partial charge is 0.317 e. The molecule has 5 rings (SSSR count). The van der Waals surface area contributed by atoms with Crippen molar-refractivity contribution in [3.8, 4) is 11.4 Å². The third-order valence-electron chi connectivity index (χ3n) is 7.28. The lowest BCUT2D eigenvalue weighted by Crippen LogP contribution is -2.54. The van der Waals surface area contributed by atoms with Gasteiger partial charge < -0.3 is 15.1 Å². The van der Waals surface area contributed by atoms with Crippen LogP contribution in [-0.4, -0.2) is 74.8 Å². The number of tetrazole rings is 1. The second-order valence-electron chi connectivity index (χ2n) is 9.56. The molecule has 0 radical (unpaired) electrons. The molecule has 2 fully saturated rings. The summed E-state index contributed by atoms with van der Waals surface area (Å²) < 4.78 is 1.88. The van der Waals surface area contributed by atoms with Gasteiger partial charge in [0, 0.05) is 43.7 Å². The Morgan fingerprint density at radius 2 is 1.83 bits per heavy atom. The van der Waals surface area contributed by atoms with E-state index in [0.29, 0.717) is 22.6 Å². The largest absolute Gasteiger partial charge is 0.338 e. The molecule has 3 aromatic rings. The van der Waals surface area contributed by atoms with E-state index in [0.717, 1.165) is 75.4 Å². The molecule has 2 amide bonds. The van der Waals surface area contributed by atoms with E-state index in [1.165, 1.54) is 0 Å². The summed E-state index contributed by atoms with van der Waals surface area (Å²) in [5.74, 6) is 0.914. The Balaban J connectivity index is 1.26. The van der Waals surface area contributed by atoms with E-state index in [4.69, 9.17) is 23.2 Å². The predicted octanol–water partition coefficient (Wildman–Crippen LogP) is 4.70. The number of nitrogens with zero attached hydrogens (tertiary/aromatic N) is 6. The molecule has 1 aromatic heterocycles. The van der Waals surface area contributed by atoms with Gasteiger partial charge in [0.25, 0.3) is 0 Å². The second kappa shape index (κ2) is 11.6. The first-order valence-electron chi connectivity index (χ1n) is 12.6. The van der Waals surface area contributed by atoms with E-state index in [9.17, 15) is 4.79 Å². The zero-order valence-electron chi connectivity index (χ0n) is 20.2. The number of urea groups is 1. The Bertz CT molecular complexity index is 1160. The highest BCUT2D eigenvalue weighted by Gasteiger charge is 2.29. The van der Waals surface area contributed by atoms with Crippen molar-refractivity contribution < 1.29 is 4.79 Å². The van der Waals surface area contributed by atoms with Gasteiger partial charge in [0.05, 0.1) is 16.6 Å². The molecule has 2 aliphatic heterocycles. The van der Waals surface area contributed by atoms with Crippen molar-refractivity contribution in [1.29, 1.82) is 0 Å². The van der Waals surface area contributed by atoms with Crippen molar-refractivity contribution in [2.75, 3.05) is 32.7 Å². The molecule has 0 spiro atoms. The molecule has 36 heavy (non-hydrogen) atoms. The van der Waals surface area contributed by atoms with Crippen molar-refractivity contribution in [2.24, 2.45) is 0 Å². The lowest BCUT2D eigenvalue weighted by molar-refractivity contribution is 0.110. The van der Waals surface area contributed by atoms with Crippen LogP contribution in [0.15, 0.2) is 48.5 Å². The Hall–Kier alpha value is -2.68. The van der Waals surface area contributed by atoms with Crippen LogP contribution in [0.4, 0.5) is 4.79 Å². The molecule has 2 saturated heterocycles. The Morgan fingerprint density at radius 1 is 1.03 bits per heavy atom. The third kappa shape index (κ3) is 5.82. The van der Waals surface area contributed by atoms with Crippen LogP contribution in [0, 0.1) is 0 Å². The third-order valence-corrected chi connectivity index (χ3v) is 8.02. The number of hydrogen-bond acceptors (Lipinski definition) is 5. The topological polar surface area (TPSA) is 79.2 Å². The maximum absolute atomic E-state index is 12.2. The van der Waals surface area contributed by atoms with E-state index in [-0.39, 0.29) is 11.9 Å². The number of piperidine rings is 1. The average molecular weight is 528 g/mol. The first kappa shape index (κ1) is 25.0. The lowest BCUT2D eigenvalue weighted by Gasteiger charge is -2.40. The number of carbonyl (C=O) groups is 1. The van der Waals surface area contributed by atoms with E-state index in [2.05, 4.69) is 25.7 Å². The van der Waals surface area contributed by atoms with E-state index in [1.54, 1.807) is 0 Å². The summed E-state index contributed by atoms with van der Waals surface area (Å²) in [5, 5.41) is 16.6. The number of nitrogens with one attached hydrogen (secondary N) is 1. The maximum Gasteiger partial charge on any atom is 0.317 e. The van der Waals surface area contributed by atoms with Gasteiger partial charge in [0.15, 0.2) is 5.82 Å². The molecule has 0 saturated carbocycles. The van der Waals surface area contributed by atoms with Gasteiger partial charge in [-0.05, 0) is 60.4 Å². The van der Waals surface area contributed by atoms with Crippen LogP contribution in [0.5, 0.6) is 0 Å². The Labute approximate surface area is 221 Å². The van der Waals surface area contributed by atoms with Gasteiger partial charge >= 0.3 is 6.03 Å². The van der Waals surface area contributed by atoms with Crippen LogP contribution >= 0.6 is 23.2 Å². The molecular weight excluding hydrogens is 497 g/mol. The molecule has 0 bridgehead atoms. The molecule has 2 aliphatic rings. The Morgan fingerprint density at radius 3 is 2.58 bits per heavy atom. The molecule has 1 atom stereocenters. The van der Waals surface area contributed by atoms with E-state index < -0.39 is 0 Å². The fourth-order valence-corrected chi connectivity index (χ4v) is 5.56. The zero-order valence-corrected chi connectivity index (χ0v) is 21.7. The molecule has 2 aromatic carbocycles. The van der Waals surface area contributed by atoms with Gasteiger partial charge in [-0.1, -0.05) is 59.6 Å². The summed E-state index contributed by atoms with van der Waals surface area (Å²) in [6.45, 7) is 5.22. The van der Waals surface area contributed by atoms with Crippen LogP contribution in [0.2, 0.25) is 10.0 Å². The van der Waals surface area contributed by atoms with Crippen LogP contribution in [-0.2, 0) is 6.54 Å². The molecule has 1 N–H and O–H groups in total. The summed E-state index contributed by atoms with van der Waals surface area (Å²) in [7, 11) is 0. The van der Waals surface area contributed by atoms with Crippen molar-refractivity contribution >= 4 is 29.2 Å². The monoisotopic (exact) mass is 527 g/mol. The van der Waals surface area contributed by atoms with Crippen molar-refractivity contribution in [3.63, 3.8) is 0 Å². The first-order chi connectivity index (χ1) is 17.6. The summed E-state index contributed by atoms with van der Waals surface area (Å²) >= 11 is 12.6. The van der Waals surface area contributed by atoms with Gasteiger partial charge in [-0.2, -0.15) is 0 Å². The minimum absolute atomic E-state index is 0.0926. The highest BCUT2D eigenvalue weighted by molar-refractivity contribution is 6.42. The fourth-order valence-electron chi connectivity index (χ4n) is 5.25. The summed E-state index contributed by atoms with van der Waals surface area (Å²) in [4.78, 5) is 16.8. The fraction of sp³-hybridized carbons (Fsp3) is 0.462. The zero-order chi connectivity index (χ0) is 24.9. The number of amides is 2. The molecule has 8 nitrogen and oxygen atoms in total. The molecule has 3 heterocycles. The molecule has 190 valence electrons. The number of rotatable bonds is 8. The summed E-state index contributed by atoms with van der Waals surface area (Å²) in [6.07, 6.45) is 3.98. The van der Waals surface area contributed by atoms with Crippen LogP contribution in [0.3, 0.4) is 0 Å². The summed E-state index contributed by atoms with van der Waals surface area (Å²) in [6, 6.07) is 16.3. The minimum Gasteiger partial charge on any atom is -0.338 e. The number of benzene rings is 2. The van der Waals surface area contributed by atoms with Gasteiger partial charge in [-0.15, -0.1) is 5.10 Å². The molecular formula is C26H31Cl2N7O. The number of likely N-dealkylation sites (tertiary alicyclic amines) is 1. The van der Waals surface area contributed by atoms with Gasteiger partial charge in [-0.25, -0.2) is 9.48 Å². The normalized spacial score (nSPS) is 18.3. The van der Waals surface area contributed by atoms with Gasteiger partial charge in [-0.3, -0.25) is 0 Å². The highest BCUT2D eigenvalue weighted by Crippen LogP contribution is 2.31. The SMILES string of the molecule is O=C1NCCCN1C1CCN(CC[C@H](Cn2nnnc2-c2ccccc2)c2ccc(Cl)c(Cl)c2)CC1. The van der Waals surface area contributed by atoms with Crippen LogP contribution in [0.1, 0.15) is 37.2 Å².